The van der Waals surface area contributed by atoms with Gasteiger partial charge in [-0.25, -0.2) is 0 Å². The van der Waals surface area contributed by atoms with E-state index in [1.54, 1.807) is 0 Å². The van der Waals surface area contributed by atoms with Crippen molar-refractivity contribution in [3.63, 3.8) is 0 Å². The van der Waals surface area contributed by atoms with Crippen LogP contribution in [0, 0.1) is 0 Å². The maximum atomic E-state index is 6.34. The number of nitrogens with two attached hydrogens (primary N) is 1. The molecule has 0 saturated carbocycles. The number of hydrogen-bond acceptors (Lipinski definition) is 3. The van der Waals surface area contributed by atoms with Crippen molar-refractivity contribution in [2.45, 2.75) is 58.7 Å². The second-order valence-corrected chi connectivity index (χ2v) is 18.2. The van der Waals surface area contributed by atoms with Gasteiger partial charge in [0, 0.05) is 6.04 Å². The molecule has 0 rings (SSSR count). The summed E-state index contributed by atoms with van der Waals surface area (Å²) in [6.45, 7) is 15.2. The van der Waals surface area contributed by atoms with E-state index in [0.29, 0.717) is 0 Å². The lowest BCUT2D eigenvalue weighted by Crippen LogP contribution is -2.61. The normalized spacial score (nSPS) is 14.4. The summed E-state index contributed by atoms with van der Waals surface area (Å²) in [5.41, 5.74) is 0. The van der Waals surface area contributed by atoms with Gasteiger partial charge in [0.1, 0.15) is 0 Å². The second-order valence-electron chi connectivity index (χ2n) is 5.99. The van der Waals surface area contributed by atoms with Gasteiger partial charge in [0.2, 0.25) is 0 Å². The van der Waals surface area contributed by atoms with Crippen molar-refractivity contribution in [3.8, 4) is 0 Å². The van der Waals surface area contributed by atoms with Crippen molar-refractivity contribution in [1.82, 2.24) is 0 Å². The van der Waals surface area contributed by atoms with E-state index >= 15 is 0 Å². The van der Waals surface area contributed by atoms with Gasteiger partial charge in [-0.2, -0.15) is 0 Å². The third-order valence-electron chi connectivity index (χ3n) is 1.56. The Labute approximate surface area is 97.9 Å². The largest absolute Gasteiger partial charge is 0.425 e. The summed E-state index contributed by atoms with van der Waals surface area (Å²) < 4.78 is 12.2. The van der Waals surface area contributed by atoms with Crippen LogP contribution in [-0.2, 0) is 8.23 Å². The van der Waals surface area contributed by atoms with E-state index in [9.17, 15) is 0 Å². The van der Waals surface area contributed by atoms with Crippen LogP contribution in [0.4, 0.5) is 0 Å². The summed E-state index contributed by atoms with van der Waals surface area (Å²) in [5, 5.41) is 6.34. The highest BCUT2D eigenvalue weighted by Gasteiger charge is 2.40. The van der Waals surface area contributed by atoms with Crippen molar-refractivity contribution < 1.29 is 8.23 Å². The molecule has 0 aliphatic carbocycles. The van der Waals surface area contributed by atoms with Crippen LogP contribution in [0.2, 0.25) is 45.3 Å². The molecule has 0 fully saturated rings. The minimum absolute atomic E-state index is 0.904. The minimum atomic E-state index is -2.40. The molecule has 0 atom stereocenters. The van der Waals surface area contributed by atoms with E-state index in [-0.39, 0.29) is 0 Å². The summed E-state index contributed by atoms with van der Waals surface area (Å²) in [7, 11) is -5.59. The molecule has 0 aliphatic rings. The average molecular weight is 266 g/mol. The zero-order chi connectivity index (χ0) is 12.3. The molecule has 0 aromatic rings. The predicted molar refractivity (Wildman–Crippen MR) is 73.9 cm³/mol. The van der Waals surface area contributed by atoms with Crippen LogP contribution < -0.4 is 5.40 Å². The van der Waals surface area contributed by atoms with Gasteiger partial charge in [-0.1, -0.05) is 13.3 Å². The Balaban J connectivity index is 4.59. The molecule has 0 radical (unpaired) electrons. The quantitative estimate of drug-likeness (QED) is 0.751. The van der Waals surface area contributed by atoms with Crippen molar-refractivity contribution in [3.05, 3.63) is 0 Å². The zero-order valence-corrected chi connectivity index (χ0v) is 14.3. The minimum Gasteiger partial charge on any atom is -0.425 e. The van der Waals surface area contributed by atoms with Crippen LogP contribution in [-0.4, -0.2) is 25.4 Å². The number of hydrogen-bond donors (Lipinski definition) is 1. The molecule has 0 bridgehead atoms. The Morgan fingerprint density at radius 3 is 1.40 bits per heavy atom. The molecular formula is C9H27NO2Si3. The fourth-order valence-electron chi connectivity index (χ4n) is 1.51. The first-order valence-electron chi connectivity index (χ1n) is 5.67. The molecular weight excluding hydrogens is 238 g/mol. The molecule has 2 N–H and O–H groups in total. The summed E-state index contributed by atoms with van der Waals surface area (Å²) in [6, 6.07) is 0.904. The van der Waals surface area contributed by atoms with Gasteiger partial charge in [0.05, 0.1) is 0 Å². The van der Waals surface area contributed by atoms with E-state index in [1.807, 2.05) is 0 Å². The van der Waals surface area contributed by atoms with Crippen LogP contribution in [0.5, 0.6) is 0 Å². The summed E-state index contributed by atoms with van der Waals surface area (Å²) in [6.07, 6.45) is 1.04. The number of rotatable bonds is 6. The Bertz CT molecular complexity index is 183. The lowest BCUT2D eigenvalue weighted by atomic mass is 10.6. The molecule has 0 aromatic carbocycles. The Morgan fingerprint density at radius 1 is 0.867 bits per heavy atom. The van der Waals surface area contributed by atoms with Crippen molar-refractivity contribution in [1.29, 1.82) is 0 Å². The SMILES string of the molecule is CCC[Si](N)(O[Si](C)(C)C)O[Si](C)(C)C. The average Bonchev–Trinajstić information content (AvgIpc) is 1.74. The van der Waals surface area contributed by atoms with E-state index in [0.717, 1.165) is 12.5 Å². The molecule has 0 amide bonds. The van der Waals surface area contributed by atoms with Crippen LogP contribution in [0.1, 0.15) is 13.3 Å². The second kappa shape index (κ2) is 5.24. The lowest BCUT2D eigenvalue weighted by molar-refractivity contribution is 0.374. The van der Waals surface area contributed by atoms with Crippen LogP contribution in [0.15, 0.2) is 0 Å². The van der Waals surface area contributed by atoms with Crippen molar-refractivity contribution in [2.24, 2.45) is 5.40 Å². The third kappa shape index (κ3) is 8.35. The molecule has 0 aromatic heterocycles. The van der Waals surface area contributed by atoms with Crippen LogP contribution in [0.25, 0.3) is 0 Å². The highest BCUT2D eigenvalue weighted by atomic mass is 28.5. The highest BCUT2D eigenvalue weighted by molar-refractivity contribution is 6.86. The summed E-state index contributed by atoms with van der Waals surface area (Å²) in [4.78, 5) is 0. The Kier molecular flexibility index (Phi) is 5.43. The Hall–Kier alpha value is 0.531. The molecule has 0 unspecified atom stereocenters. The van der Waals surface area contributed by atoms with Crippen LogP contribution in [0.3, 0.4) is 0 Å². The highest BCUT2D eigenvalue weighted by Crippen LogP contribution is 2.20. The van der Waals surface area contributed by atoms with Gasteiger partial charge in [0.25, 0.3) is 0 Å². The van der Waals surface area contributed by atoms with E-state index in [4.69, 9.17) is 13.6 Å². The predicted octanol–water partition coefficient (Wildman–Crippen LogP) is 3.00. The first kappa shape index (κ1) is 15.5. The standard InChI is InChI=1S/C9H27NO2Si3/c1-8-9-15(10,11-13(2,3)4)12-14(5,6)7/h8-10H2,1-7H3. The fourth-order valence-corrected chi connectivity index (χ4v) is 11.9. The third-order valence-corrected chi connectivity index (χ3v) is 10.4. The molecule has 6 heteroatoms. The smallest absolute Gasteiger partial charge is 0.401 e. The van der Waals surface area contributed by atoms with E-state index < -0.39 is 25.4 Å². The van der Waals surface area contributed by atoms with Gasteiger partial charge >= 0.3 is 8.72 Å². The van der Waals surface area contributed by atoms with Crippen molar-refractivity contribution in [2.75, 3.05) is 0 Å². The lowest BCUT2D eigenvalue weighted by Gasteiger charge is -2.37. The van der Waals surface area contributed by atoms with E-state index in [2.05, 4.69) is 46.2 Å². The van der Waals surface area contributed by atoms with E-state index in [1.165, 1.54) is 0 Å². The van der Waals surface area contributed by atoms with Crippen molar-refractivity contribution >= 4 is 25.4 Å². The molecule has 0 saturated heterocycles. The Morgan fingerprint density at radius 2 is 1.20 bits per heavy atom. The molecule has 15 heavy (non-hydrogen) atoms. The first-order valence-corrected chi connectivity index (χ1v) is 14.6. The maximum Gasteiger partial charge on any atom is 0.401 e. The monoisotopic (exact) mass is 265 g/mol. The molecule has 92 valence electrons. The first-order chi connectivity index (χ1) is 6.47. The van der Waals surface area contributed by atoms with Crippen LogP contribution >= 0.6 is 0 Å². The van der Waals surface area contributed by atoms with Gasteiger partial charge < -0.3 is 13.6 Å². The topological polar surface area (TPSA) is 44.5 Å². The zero-order valence-electron chi connectivity index (χ0n) is 11.3. The molecule has 3 nitrogen and oxygen atoms in total. The summed E-state index contributed by atoms with van der Waals surface area (Å²) in [5.74, 6) is 0. The maximum absolute atomic E-state index is 6.34. The summed E-state index contributed by atoms with van der Waals surface area (Å²) >= 11 is 0. The van der Waals surface area contributed by atoms with Gasteiger partial charge in [0.15, 0.2) is 16.6 Å². The molecule has 0 spiro atoms. The van der Waals surface area contributed by atoms with Gasteiger partial charge in [-0.05, 0) is 39.3 Å². The fraction of sp³-hybridized carbons (Fsp3) is 1.00. The van der Waals surface area contributed by atoms with Gasteiger partial charge in [-0.3, -0.25) is 0 Å². The molecule has 0 aliphatic heterocycles. The molecule has 0 heterocycles. The van der Waals surface area contributed by atoms with Gasteiger partial charge in [-0.15, -0.1) is 0 Å².